The number of aryl methyl sites for hydroxylation is 4. The third kappa shape index (κ3) is 8.47. The van der Waals surface area contributed by atoms with E-state index < -0.39 is 0 Å². The molecule has 0 saturated carbocycles. The Balaban J connectivity index is 0.00000480. The molecular weight excluding hydrogens is 471 g/mol. The molecule has 2 nitrogen and oxygen atoms in total. The molecule has 0 saturated heterocycles. The van der Waals surface area contributed by atoms with Gasteiger partial charge in [-0.2, -0.15) is 0 Å². The van der Waals surface area contributed by atoms with Gasteiger partial charge in [-0.1, -0.05) is 60.1 Å². The van der Waals surface area contributed by atoms with Crippen molar-refractivity contribution in [3.63, 3.8) is 0 Å². The van der Waals surface area contributed by atoms with Crippen LogP contribution in [-0.2, 0) is 46.1 Å². The maximum absolute atomic E-state index is 5.15. The molecule has 0 aromatic heterocycles. The van der Waals surface area contributed by atoms with Crippen LogP contribution < -0.4 is 0 Å². The summed E-state index contributed by atoms with van der Waals surface area (Å²) in [5.41, 5.74) is 9.87. The molecule has 0 heterocycles. The van der Waals surface area contributed by atoms with Gasteiger partial charge in [-0.25, -0.2) is 0 Å². The topological polar surface area (TPSA) is 24.7 Å². The molecule has 2 rings (SSSR count). The molecule has 0 unspecified atom stereocenters. The van der Waals surface area contributed by atoms with E-state index in [2.05, 4.69) is 77.9 Å². The van der Waals surface area contributed by atoms with Gasteiger partial charge in [0.25, 0.3) is 0 Å². The van der Waals surface area contributed by atoms with Crippen molar-refractivity contribution in [2.45, 2.75) is 92.9 Å². The fourth-order valence-corrected chi connectivity index (χ4v) is 3.70. The van der Waals surface area contributed by atoms with Crippen LogP contribution in [0.5, 0.6) is 0 Å². The van der Waals surface area contributed by atoms with E-state index in [9.17, 15) is 0 Å². The van der Waals surface area contributed by atoms with Crippen LogP contribution in [0.25, 0.3) is 0 Å². The molecule has 0 spiro atoms. The van der Waals surface area contributed by atoms with Gasteiger partial charge in [-0.05, 0) is 91.5 Å². The predicted octanol–water partition coefficient (Wildman–Crippen LogP) is 8.38. The number of unbranched alkanes of at least 4 members (excludes halogenated alkanes) is 1. The van der Waals surface area contributed by atoms with Gasteiger partial charge in [0.2, 0.25) is 0 Å². The summed E-state index contributed by atoms with van der Waals surface area (Å²) in [7, 11) is 0. The average molecular weight is 511 g/mol. The Morgan fingerprint density at radius 3 is 1.29 bits per heavy atom. The second kappa shape index (κ2) is 14.5. The Morgan fingerprint density at radius 2 is 0.968 bits per heavy atom. The van der Waals surface area contributed by atoms with Crippen molar-refractivity contribution >= 4 is 22.8 Å². The normalized spacial score (nSPS) is 12.1. The van der Waals surface area contributed by atoms with Crippen LogP contribution in [0.3, 0.4) is 0 Å². The molecule has 2 aromatic carbocycles. The smallest absolute Gasteiger partial charge is 0.0639 e. The second-order valence-electron chi connectivity index (χ2n) is 8.00. The molecule has 2 aromatic rings. The van der Waals surface area contributed by atoms with E-state index in [0.29, 0.717) is 0 Å². The Morgan fingerprint density at radius 1 is 0.581 bits per heavy atom. The molecule has 0 amide bonds. The fraction of sp³-hybridized carbons (Fsp3) is 0.500. The number of hydrogen-bond acceptors (Lipinski definition) is 2. The van der Waals surface area contributed by atoms with Crippen molar-refractivity contribution in [1.82, 2.24) is 0 Å². The van der Waals surface area contributed by atoms with E-state index in [-0.39, 0.29) is 20.4 Å². The van der Waals surface area contributed by atoms with Gasteiger partial charge in [0, 0.05) is 20.4 Å². The molecule has 0 aliphatic rings. The maximum Gasteiger partial charge on any atom is 0.0639 e. The van der Waals surface area contributed by atoms with E-state index >= 15 is 0 Å². The summed E-state index contributed by atoms with van der Waals surface area (Å²) in [6.45, 7) is 13.3. The van der Waals surface area contributed by atoms with Crippen LogP contribution in [0, 0.1) is 0 Å². The Labute approximate surface area is 204 Å². The van der Waals surface area contributed by atoms with Gasteiger partial charge < -0.3 is 0 Å². The van der Waals surface area contributed by atoms with Gasteiger partial charge in [0.15, 0.2) is 0 Å². The van der Waals surface area contributed by atoms with Crippen LogP contribution >= 0.6 is 0 Å². The van der Waals surface area contributed by atoms with Crippen LogP contribution in [0.4, 0.5) is 11.4 Å². The van der Waals surface area contributed by atoms with Gasteiger partial charge in [-0.15, -0.1) is 0 Å². The minimum Gasteiger partial charge on any atom is -0.252 e. The van der Waals surface area contributed by atoms with Crippen LogP contribution in [0.1, 0.15) is 89.5 Å². The van der Waals surface area contributed by atoms with Crippen molar-refractivity contribution in [2.75, 3.05) is 0 Å². The average Bonchev–Trinajstić information content (AvgIpc) is 2.79. The van der Waals surface area contributed by atoms with Gasteiger partial charge in [0.05, 0.1) is 22.8 Å². The summed E-state index contributed by atoms with van der Waals surface area (Å²) in [5.74, 6) is 0. The Kier molecular flexibility index (Phi) is 12.8. The predicted molar refractivity (Wildman–Crippen MR) is 134 cm³/mol. The van der Waals surface area contributed by atoms with Gasteiger partial charge in [0.1, 0.15) is 0 Å². The number of rotatable bonds is 11. The van der Waals surface area contributed by atoms with Gasteiger partial charge >= 0.3 is 0 Å². The Hall–Kier alpha value is -1.56. The summed E-state index contributed by atoms with van der Waals surface area (Å²) in [4.78, 5) is 10.3. The molecule has 0 N–H and O–H groups in total. The second-order valence-corrected chi connectivity index (χ2v) is 8.00. The number of aliphatic imine (C=N–C) groups is 2. The first-order valence-corrected chi connectivity index (χ1v) is 12.0. The van der Waals surface area contributed by atoms with Gasteiger partial charge in [-0.3, -0.25) is 9.98 Å². The summed E-state index contributed by atoms with van der Waals surface area (Å²) < 4.78 is 0. The molecular formula is C28H40N2Pd. The number of benzene rings is 2. The van der Waals surface area contributed by atoms with Crippen LogP contribution in [0.15, 0.2) is 46.4 Å². The molecule has 0 aliphatic carbocycles. The summed E-state index contributed by atoms with van der Waals surface area (Å²) in [6, 6.07) is 13.6. The first-order chi connectivity index (χ1) is 14.6. The van der Waals surface area contributed by atoms with E-state index in [1.54, 1.807) is 0 Å². The largest absolute Gasteiger partial charge is 0.252 e. The fourth-order valence-electron chi connectivity index (χ4n) is 3.70. The van der Waals surface area contributed by atoms with E-state index in [1.807, 2.05) is 0 Å². The molecule has 0 atom stereocenters. The minimum absolute atomic E-state index is 0. The number of hydrogen-bond donors (Lipinski definition) is 0. The van der Waals surface area contributed by atoms with Crippen molar-refractivity contribution in [1.29, 1.82) is 0 Å². The quantitative estimate of drug-likeness (QED) is 0.214. The first kappa shape index (κ1) is 27.5. The summed E-state index contributed by atoms with van der Waals surface area (Å²) in [5, 5.41) is 0. The monoisotopic (exact) mass is 510 g/mol. The molecule has 0 fully saturated rings. The van der Waals surface area contributed by atoms with Crippen LogP contribution in [0.2, 0.25) is 0 Å². The molecule has 3 heteroatoms. The molecule has 0 radical (unpaired) electrons. The molecule has 172 valence electrons. The molecule has 31 heavy (non-hydrogen) atoms. The molecule has 0 aliphatic heterocycles. The van der Waals surface area contributed by atoms with E-state index in [1.165, 1.54) is 22.3 Å². The zero-order chi connectivity index (χ0) is 21.9. The third-order valence-corrected chi connectivity index (χ3v) is 5.67. The first-order valence-electron chi connectivity index (χ1n) is 12.0. The summed E-state index contributed by atoms with van der Waals surface area (Å²) >= 11 is 0. The Bertz CT molecular complexity index is 836. The minimum atomic E-state index is 0. The van der Waals surface area contributed by atoms with E-state index in [0.717, 1.165) is 74.2 Å². The maximum atomic E-state index is 5.15. The van der Waals surface area contributed by atoms with Crippen molar-refractivity contribution in [3.8, 4) is 0 Å². The summed E-state index contributed by atoms with van der Waals surface area (Å²) in [6.07, 6.45) is 8.34. The third-order valence-electron chi connectivity index (χ3n) is 5.67. The zero-order valence-corrected chi connectivity index (χ0v) is 21.9. The van der Waals surface area contributed by atoms with Crippen molar-refractivity contribution in [3.05, 3.63) is 58.7 Å². The number of nitrogens with zero attached hydrogens (tertiary/aromatic N) is 2. The molecule has 0 bridgehead atoms. The van der Waals surface area contributed by atoms with E-state index in [4.69, 9.17) is 9.98 Å². The zero-order valence-electron chi connectivity index (χ0n) is 20.3. The van der Waals surface area contributed by atoms with Crippen LogP contribution in [-0.4, -0.2) is 11.4 Å². The standard InChI is InChI=1S/C28H40N2.Pd/c1-7-13-14-28(30-26-19-23(10-4)16-24(11-5)20-26)27(12-6)29-25-17-21(8-2)15-22(9-3)18-25;/h15-20H,7-14H2,1-6H3;. The van der Waals surface area contributed by atoms with Crippen molar-refractivity contribution in [2.24, 2.45) is 9.98 Å². The van der Waals surface area contributed by atoms with Crippen molar-refractivity contribution < 1.29 is 20.4 Å². The SMILES string of the molecule is CCCCC(=Nc1cc(CC)cc(CC)c1)C(CC)=Nc1cc(CC)cc(CC)c1.[Pd].